The first-order valence-corrected chi connectivity index (χ1v) is 4.55. The van der Waals surface area contributed by atoms with Crippen molar-refractivity contribution in [3.05, 3.63) is 18.5 Å². The normalized spacial score (nSPS) is 28.1. The molecule has 0 amide bonds. The van der Waals surface area contributed by atoms with Gasteiger partial charge in [0.2, 0.25) is 0 Å². The van der Waals surface area contributed by atoms with Crippen LogP contribution in [0, 0.1) is 0 Å². The molecule has 0 saturated carbocycles. The lowest BCUT2D eigenvalue weighted by Gasteiger charge is -2.30. The van der Waals surface area contributed by atoms with Crippen molar-refractivity contribution in [2.75, 3.05) is 5.32 Å². The van der Waals surface area contributed by atoms with Gasteiger partial charge in [0.15, 0.2) is 18.3 Å². The van der Waals surface area contributed by atoms with E-state index in [1.165, 1.54) is 0 Å². The fourth-order valence-corrected chi connectivity index (χ4v) is 1.86. The minimum Gasteiger partial charge on any atom is -0.370 e. The third-order valence-corrected chi connectivity index (χ3v) is 2.46. The molecule has 6 heteroatoms. The molecule has 0 unspecified atom stereocenters. The first kappa shape index (κ1) is 7.54. The van der Waals surface area contributed by atoms with E-state index < -0.39 is 0 Å². The fraction of sp³-hybridized carbons (Fsp3) is 0.375. The topological polar surface area (TPSA) is 79.2 Å². The highest BCUT2D eigenvalue weighted by atomic mass is 15.4. The summed E-state index contributed by atoms with van der Waals surface area (Å²) in [6, 6.07) is 1.89. The average Bonchev–Trinajstić information content (AvgIpc) is 2.17. The molecule has 1 aromatic heterocycles. The summed E-state index contributed by atoms with van der Waals surface area (Å²) < 4.78 is 1.99. The second-order valence-electron chi connectivity index (χ2n) is 3.42. The molecule has 1 aromatic rings. The molecule has 2 aliphatic heterocycles. The largest absolute Gasteiger partial charge is 0.394 e. The lowest BCUT2D eigenvalue weighted by Crippen LogP contribution is -2.60. The van der Waals surface area contributed by atoms with Gasteiger partial charge in [0.1, 0.15) is 6.20 Å². The van der Waals surface area contributed by atoms with E-state index in [1.54, 1.807) is 6.20 Å². The van der Waals surface area contributed by atoms with Gasteiger partial charge in [-0.25, -0.2) is 9.56 Å². The number of fused-ring (bicyclic) bond motifs is 4. The Morgan fingerprint density at radius 2 is 2.43 bits per heavy atom. The Morgan fingerprint density at radius 3 is 3.36 bits per heavy atom. The van der Waals surface area contributed by atoms with Crippen molar-refractivity contribution in [1.29, 1.82) is 0 Å². The van der Waals surface area contributed by atoms with Crippen LogP contribution in [0.3, 0.4) is 0 Å². The summed E-state index contributed by atoms with van der Waals surface area (Å²) in [5.74, 6) is 1.32. The van der Waals surface area contributed by atoms with Gasteiger partial charge in [0.25, 0.3) is 0 Å². The van der Waals surface area contributed by atoms with Crippen molar-refractivity contribution in [2.24, 2.45) is 10.7 Å². The predicted molar refractivity (Wildman–Crippen MR) is 50.3 cm³/mol. The summed E-state index contributed by atoms with van der Waals surface area (Å²) in [5, 5.41) is 6.29. The molecule has 0 aromatic carbocycles. The molecule has 14 heavy (non-hydrogen) atoms. The number of nitrogens with one attached hydrogen (secondary N) is 2. The number of rotatable bonds is 0. The summed E-state index contributed by atoms with van der Waals surface area (Å²) >= 11 is 0. The van der Waals surface area contributed by atoms with Crippen LogP contribution in [0.5, 0.6) is 0 Å². The molecule has 2 atom stereocenters. The van der Waals surface area contributed by atoms with E-state index in [1.807, 2.05) is 16.8 Å². The number of anilines is 1. The number of hydrogen-bond acceptors (Lipinski definition) is 5. The van der Waals surface area contributed by atoms with E-state index in [-0.39, 0.29) is 12.3 Å². The van der Waals surface area contributed by atoms with E-state index in [9.17, 15) is 0 Å². The van der Waals surface area contributed by atoms with Crippen molar-refractivity contribution < 1.29 is 4.57 Å². The quantitative estimate of drug-likeness (QED) is 0.456. The first-order chi connectivity index (χ1) is 6.83. The van der Waals surface area contributed by atoms with E-state index in [0.29, 0.717) is 5.96 Å². The molecule has 0 aliphatic carbocycles. The van der Waals surface area contributed by atoms with E-state index in [4.69, 9.17) is 5.73 Å². The molecule has 3 heterocycles. The Kier molecular flexibility index (Phi) is 1.38. The zero-order valence-electron chi connectivity index (χ0n) is 7.51. The van der Waals surface area contributed by atoms with Crippen LogP contribution in [0.4, 0.5) is 5.95 Å². The van der Waals surface area contributed by atoms with Crippen molar-refractivity contribution in [2.45, 2.75) is 18.8 Å². The first-order valence-electron chi connectivity index (χ1n) is 4.55. The molecule has 0 fully saturated rings. The Labute approximate surface area is 80.9 Å². The predicted octanol–water partition coefficient (Wildman–Crippen LogP) is -1.07. The Morgan fingerprint density at radius 1 is 1.50 bits per heavy atom. The molecule has 2 aliphatic rings. The van der Waals surface area contributed by atoms with Crippen LogP contribution < -0.4 is 20.9 Å². The monoisotopic (exact) mass is 191 g/mol. The van der Waals surface area contributed by atoms with Gasteiger partial charge >= 0.3 is 5.95 Å². The van der Waals surface area contributed by atoms with Gasteiger partial charge in [-0.1, -0.05) is 4.98 Å². The number of aliphatic imine (C=N–C) groups is 1. The molecular formula is C8H11N6+. The zero-order valence-corrected chi connectivity index (χ0v) is 7.51. The van der Waals surface area contributed by atoms with Gasteiger partial charge in [0, 0.05) is 6.07 Å². The van der Waals surface area contributed by atoms with Crippen molar-refractivity contribution in [3.63, 3.8) is 0 Å². The second-order valence-corrected chi connectivity index (χ2v) is 3.42. The highest BCUT2D eigenvalue weighted by Gasteiger charge is 2.35. The number of aromatic nitrogens is 2. The highest BCUT2D eigenvalue weighted by Crippen LogP contribution is 2.19. The van der Waals surface area contributed by atoms with Crippen molar-refractivity contribution in [1.82, 2.24) is 10.3 Å². The summed E-state index contributed by atoms with van der Waals surface area (Å²) in [6.07, 6.45) is 4.83. The Hall–Kier alpha value is -1.85. The van der Waals surface area contributed by atoms with Crippen LogP contribution in [0.2, 0.25) is 0 Å². The summed E-state index contributed by atoms with van der Waals surface area (Å²) in [5.41, 5.74) is 5.65. The number of guanidine groups is 1. The van der Waals surface area contributed by atoms with Crippen LogP contribution in [-0.4, -0.2) is 17.1 Å². The molecule has 4 N–H and O–H groups in total. The maximum absolute atomic E-state index is 5.65. The number of nitrogens with two attached hydrogens (primary N) is 1. The minimum atomic E-state index is 0.0752. The van der Waals surface area contributed by atoms with Gasteiger partial charge < -0.3 is 11.1 Å². The minimum absolute atomic E-state index is 0.0752. The van der Waals surface area contributed by atoms with Gasteiger partial charge in [-0.2, -0.15) is 0 Å². The Bertz CT molecular complexity index is 401. The molecule has 0 radical (unpaired) electrons. The molecule has 72 valence electrons. The van der Waals surface area contributed by atoms with Gasteiger partial charge in [0.05, 0.1) is 12.6 Å². The smallest absolute Gasteiger partial charge is 0.370 e. The summed E-state index contributed by atoms with van der Waals surface area (Å²) in [4.78, 5) is 8.54. The lowest BCUT2D eigenvalue weighted by molar-refractivity contribution is -0.716. The summed E-state index contributed by atoms with van der Waals surface area (Å²) in [6.45, 7) is 0. The highest BCUT2D eigenvalue weighted by molar-refractivity contribution is 5.79. The Balaban J connectivity index is 2.11. The van der Waals surface area contributed by atoms with Gasteiger partial charge in [-0.3, -0.25) is 5.32 Å². The zero-order chi connectivity index (χ0) is 9.54. The van der Waals surface area contributed by atoms with E-state index in [2.05, 4.69) is 20.6 Å². The standard InChI is InChI=1S/C8H10N6/c9-7-11-5-4-6(13-7)14-3-1-2-10-8(14)12-5/h1-3,5-6H,4H2,(H3,9,11,13)/p+1/t5-,6+/m1/s1. The third-order valence-electron chi connectivity index (χ3n) is 2.46. The molecule has 2 bridgehead atoms. The van der Waals surface area contributed by atoms with E-state index in [0.717, 1.165) is 12.4 Å². The number of nitrogens with zero attached hydrogens (tertiary/aromatic N) is 3. The van der Waals surface area contributed by atoms with Gasteiger partial charge in [-0.05, 0) is 0 Å². The van der Waals surface area contributed by atoms with Crippen LogP contribution >= 0.6 is 0 Å². The fourth-order valence-electron chi connectivity index (χ4n) is 1.86. The molecule has 3 rings (SSSR count). The maximum atomic E-state index is 5.65. The van der Waals surface area contributed by atoms with Crippen LogP contribution in [0.25, 0.3) is 0 Å². The maximum Gasteiger partial charge on any atom is 0.394 e. The van der Waals surface area contributed by atoms with Gasteiger partial charge in [-0.15, -0.1) is 0 Å². The molecular weight excluding hydrogens is 180 g/mol. The lowest BCUT2D eigenvalue weighted by atomic mass is 10.2. The third kappa shape index (κ3) is 1.00. The van der Waals surface area contributed by atoms with Crippen molar-refractivity contribution in [3.8, 4) is 0 Å². The molecule has 0 saturated heterocycles. The summed E-state index contributed by atoms with van der Waals surface area (Å²) in [7, 11) is 0. The van der Waals surface area contributed by atoms with Crippen LogP contribution in [0.1, 0.15) is 12.6 Å². The van der Waals surface area contributed by atoms with E-state index >= 15 is 0 Å². The average molecular weight is 191 g/mol. The van der Waals surface area contributed by atoms with Crippen LogP contribution in [0.15, 0.2) is 23.5 Å². The SMILES string of the molecule is NC1=N[C@@H]2C[C@H](N1)Nc1nccc[n+]12. The van der Waals surface area contributed by atoms with Crippen LogP contribution in [-0.2, 0) is 0 Å². The molecule has 0 spiro atoms. The number of hydrogen-bond donors (Lipinski definition) is 3. The van der Waals surface area contributed by atoms with Crippen molar-refractivity contribution >= 4 is 11.9 Å². The molecule has 6 nitrogen and oxygen atoms in total. The second kappa shape index (κ2) is 2.57.